The molecule has 2 aromatic carbocycles. The first-order chi connectivity index (χ1) is 9.59. The van der Waals surface area contributed by atoms with Gasteiger partial charge in [-0.2, -0.15) is 0 Å². The number of aliphatic hydroxyl groups is 1. The van der Waals surface area contributed by atoms with Gasteiger partial charge in [-0.15, -0.1) is 0 Å². The molecule has 0 heterocycles. The first-order valence-electron chi connectivity index (χ1n) is 6.50. The van der Waals surface area contributed by atoms with Gasteiger partial charge in [-0.25, -0.2) is 8.78 Å². The van der Waals surface area contributed by atoms with Crippen molar-refractivity contribution in [3.8, 4) is 0 Å². The van der Waals surface area contributed by atoms with Crippen molar-refractivity contribution in [2.24, 2.45) is 0 Å². The predicted octanol–water partition coefficient (Wildman–Crippen LogP) is 3.02. The average Bonchev–Trinajstić information content (AvgIpc) is 2.42. The van der Waals surface area contributed by atoms with Gasteiger partial charge in [0.1, 0.15) is 11.6 Å². The highest BCUT2D eigenvalue weighted by molar-refractivity contribution is 5.33. The maximum absolute atomic E-state index is 14.0. The van der Waals surface area contributed by atoms with Crippen molar-refractivity contribution in [2.75, 3.05) is 6.54 Å². The molecule has 1 unspecified atom stereocenters. The summed E-state index contributed by atoms with van der Waals surface area (Å²) in [5.74, 6) is -0.808. The van der Waals surface area contributed by atoms with Gasteiger partial charge in [0.25, 0.3) is 0 Å². The van der Waals surface area contributed by atoms with Crippen LogP contribution in [0.2, 0.25) is 0 Å². The van der Waals surface area contributed by atoms with Crippen LogP contribution in [0.5, 0.6) is 0 Å². The molecule has 2 rings (SSSR count). The smallest absolute Gasteiger partial charge is 0.128 e. The lowest BCUT2D eigenvalue weighted by molar-refractivity contribution is 0.188. The molecule has 0 fully saturated rings. The molecule has 0 radical (unpaired) electrons. The molecule has 2 aromatic rings. The Labute approximate surface area is 117 Å². The highest BCUT2D eigenvalue weighted by Gasteiger charge is 2.20. The second kappa shape index (κ2) is 6.59. The summed E-state index contributed by atoms with van der Waals surface area (Å²) in [7, 11) is 0. The van der Waals surface area contributed by atoms with Crippen molar-refractivity contribution in [3.05, 3.63) is 71.3 Å². The SMILES string of the molecule is CC(O)CNC(c1ccccc1F)c1ccccc1F. The summed E-state index contributed by atoms with van der Waals surface area (Å²) in [4.78, 5) is 0. The van der Waals surface area contributed by atoms with Crippen LogP contribution >= 0.6 is 0 Å². The molecule has 106 valence electrons. The summed E-state index contributed by atoms with van der Waals surface area (Å²) in [5, 5.41) is 12.4. The first-order valence-corrected chi connectivity index (χ1v) is 6.50. The van der Waals surface area contributed by atoms with Crippen LogP contribution in [0.3, 0.4) is 0 Å². The van der Waals surface area contributed by atoms with E-state index in [1.807, 2.05) is 0 Å². The average molecular weight is 277 g/mol. The molecular formula is C16H17F2NO. The van der Waals surface area contributed by atoms with Crippen molar-refractivity contribution >= 4 is 0 Å². The lowest BCUT2D eigenvalue weighted by Crippen LogP contribution is -2.30. The molecule has 4 heteroatoms. The number of nitrogens with one attached hydrogen (secondary N) is 1. The van der Waals surface area contributed by atoms with E-state index < -0.39 is 23.8 Å². The Morgan fingerprint density at radius 1 is 0.950 bits per heavy atom. The zero-order valence-electron chi connectivity index (χ0n) is 11.2. The second-order valence-electron chi connectivity index (χ2n) is 4.73. The van der Waals surface area contributed by atoms with Gasteiger partial charge in [-0.1, -0.05) is 36.4 Å². The van der Waals surface area contributed by atoms with E-state index in [1.165, 1.54) is 12.1 Å². The normalized spacial score (nSPS) is 12.7. The van der Waals surface area contributed by atoms with Gasteiger partial charge in [-0.3, -0.25) is 0 Å². The molecule has 0 aliphatic heterocycles. The van der Waals surface area contributed by atoms with Crippen LogP contribution in [-0.4, -0.2) is 17.8 Å². The van der Waals surface area contributed by atoms with Crippen LogP contribution in [0.25, 0.3) is 0 Å². The van der Waals surface area contributed by atoms with E-state index in [4.69, 9.17) is 0 Å². The van der Waals surface area contributed by atoms with E-state index in [0.29, 0.717) is 11.1 Å². The molecule has 0 amide bonds. The zero-order valence-corrected chi connectivity index (χ0v) is 11.2. The molecule has 20 heavy (non-hydrogen) atoms. The number of hydrogen-bond acceptors (Lipinski definition) is 2. The summed E-state index contributed by atoms with van der Waals surface area (Å²) in [5.41, 5.74) is 0.719. The highest BCUT2D eigenvalue weighted by atomic mass is 19.1. The topological polar surface area (TPSA) is 32.3 Å². The molecule has 0 spiro atoms. The minimum absolute atomic E-state index is 0.243. The van der Waals surface area contributed by atoms with Gasteiger partial charge in [0, 0.05) is 17.7 Å². The molecule has 2 N–H and O–H groups in total. The maximum Gasteiger partial charge on any atom is 0.128 e. The number of halogens is 2. The van der Waals surface area contributed by atoms with Crippen LogP contribution in [0.15, 0.2) is 48.5 Å². The first kappa shape index (κ1) is 14.6. The maximum atomic E-state index is 14.0. The minimum Gasteiger partial charge on any atom is -0.392 e. The molecule has 2 nitrogen and oxygen atoms in total. The van der Waals surface area contributed by atoms with Crippen LogP contribution < -0.4 is 5.32 Å². The number of aliphatic hydroxyl groups excluding tert-OH is 1. The number of benzene rings is 2. The molecule has 0 saturated heterocycles. The van der Waals surface area contributed by atoms with E-state index in [2.05, 4.69) is 5.32 Å². The molecule has 0 aliphatic carbocycles. The zero-order chi connectivity index (χ0) is 14.5. The van der Waals surface area contributed by atoms with Crippen LogP contribution in [0, 0.1) is 11.6 Å². The number of rotatable bonds is 5. The van der Waals surface area contributed by atoms with Crippen molar-refractivity contribution < 1.29 is 13.9 Å². The summed E-state index contributed by atoms with van der Waals surface area (Å²) in [6, 6.07) is 11.9. The fraction of sp³-hybridized carbons (Fsp3) is 0.250. The van der Waals surface area contributed by atoms with Gasteiger partial charge in [0.2, 0.25) is 0 Å². The van der Waals surface area contributed by atoms with Crippen LogP contribution in [0.4, 0.5) is 8.78 Å². The van der Waals surface area contributed by atoms with Gasteiger partial charge in [-0.05, 0) is 19.1 Å². The Hall–Kier alpha value is -1.78. The third kappa shape index (κ3) is 3.40. The van der Waals surface area contributed by atoms with Crippen molar-refractivity contribution in [1.82, 2.24) is 5.32 Å². The van der Waals surface area contributed by atoms with E-state index in [9.17, 15) is 13.9 Å². The summed E-state index contributed by atoms with van der Waals surface area (Å²) < 4.78 is 27.9. The van der Waals surface area contributed by atoms with Crippen LogP contribution in [-0.2, 0) is 0 Å². The summed E-state index contributed by atoms with van der Waals surface area (Å²) in [6.45, 7) is 1.86. The third-order valence-electron chi connectivity index (χ3n) is 3.05. The van der Waals surface area contributed by atoms with Gasteiger partial charge in [0.05, 0.1) is 12.1 Å². The van der Waals surface area contributed by atoms with Crippen LogP contribution in [0.1, 0.15) is 24.1 Å². The Morgan fingerprint density at radius 3 is 1.80 bits per heavy atom. The van der Waals surface area contributed by atoms with Gasteiger partial charge < -0.3 is 10.4 Å². The lowest BCUT2D eigenvalue weighted by atomic mass is 9.97. The van der Waals surface area contributed by atoms with Crippen molar-refractivity contribution in [3.63, 3.8) is 0 Å². The fourth-order valence-electron chi connectivity index (χ4n) is 2.09. The molecule has 0 bridgehead atoms. The van der Waals surface area contributed by atoms with Gasteiger partial charge in [0.15, 0.2) is 0 Å². The fourth-order valence-corrected chi connectivity index (χ4v) is 2.09. The predicted molar refractivity (Wildman–Crippen MR) is 74.3 cm³/mol. The molecule has 0 aromatic heterocycles. The second-order valence-corrected chi connectivity index (χ2v) is 4.73. The molecular weight excluding hydrogens is 260 g/mol. The quantitative estimate of drug-likeness (QED) is 0.880. The molecule has 1 atom stereocenters. The standard InChI is InChI=1S/C16H17F2NO/c1-11(20)10-19-16(12-6-2-4-8-14(12)17)13-7-3-5-9-15(13)18/h2-9,11,16,19-20H,10H2,1H3. The Balaban J connectivity index is 2.40. The third-order valence-corrected chi connectivity index (χ3v) is 3.05. The minimum atomic E-state index is -0.632. The van der Waals surface area contributed by atoms with E-state index in [0.717, 1.165) is 0 Å². The summed E-state index contributed by atoms with van der Waals surface area (Å²) >= 11 is 0. The van der Waals surface area contributed by atoms with Crippen molar-refractivity contribution in [2.45, 2.75) is 19.1 Å². The monoisotopic (exact) mass is 277 g/mol. The molecule has 0 saturated carbocycles. The summed E-state index contributed by atoms with van der Waals surface area (Å²) in [6.07, 6.45) is -0.601. The number of hydrogen-bond donors (Lipinski definition) is 2. The largest absolute Gasteiger partial charge is 0.392 e. The Morgan fingerprint density at radius 2 is 1.40 bits per heavy atom. The van der Waals surface area contributed by atoms with E-state index in [1.54, 1.807) is 43.3 Å². The van der Waals surface area contributed by atoms with Gasteiger partial charge >= 0.3 is 0 Å². The van der Waals surface area contributed by atoms with E-state index >= 15 is 0 Å². The van der Waals surface area contributed by atoms with E-state index in [-0.39, 0.29) is 6.54 Å². The molecule has 0 aliphatic rings. The van der Waals surface area contributed by atoms with Crippen molar-refractivity contribution in [1.29, 1.82) is 0 Å². The Bertz CT molecular complexity index is 526. The highest BCUT2D eigenvalue weighted by Crippen LogP contribution is 2.26. The lowest BCUT2D eigenvalue weighted by Gasteiger charge is -2.21. The Kier molecular flexibility index (Phi) is 4.82.